The third kappa shape index (κ3) is 3.51. The van der Waals surface area contributed by atoms with E-state index in [0.29, 0.717) is 30.8 Å². The standard InChI is InChI=1S/C15H23N3O3/c1-17(13-5-3-4-12(13)9-16)10-11-6-7-15(21-2)14(8-11)18(19)20/h6-8,12-13H,3-5,9-10,16H2,1-2H3. The highest BCUT2D eigenvalue weighted by molar-refractivity contribution is 5.48. The quantitative estimate of drug-likeness (QED) is 0.642. The van der Waals surface area contributed by atoms with E-state index in [1.807, 2.05) is 6.07 Å². The maximum atomic E-state index is 11.1. The van der Waals surface area contributed by atoms with Crippen LogP contribution in [-0.2, 0) is 6.54 Å². The van der Waals surface area contributed by atoms with E-state index in [4.69, 9.17) is 10.5 Å². The third-order valence-electron chi connectivity index (χ3n) is 4.36. The summed E-state index contributed by atoms with van der Waals surface area (Å²) in [5.41, 5.74) is 6.77. The highest BCUT2D eigenvalue weighted by Crippen LogP contribution is 2.31. The number of benzene rings is 1. The van der Waals surface area contributed by atoms with Crippen LogP contribution in [0.1, 0.15) is 24.8 Å². The van der Waals surface area contributed by atoms with Gasteiger partial charge in [-0.1, -0.05) is 12.5 Å². The molecule has 2 atom stereocenters. The van der Waals surface area contributed by atoms with Gasteiger partial charge in [0.2, 0.25) is 0 Å². The van der Waals surface area contributed by atoms with Crippen molar-refractivity contribution in [3.8, 4) is 5.75 Å². The maximum absolute atomic E-state index is 11.1. The van der Waals surface area contributed by atoms with Crippen LogP contribution in [0.2, 0.25) is 0 Å². The molecule has 1 aliphatic carbocycles. The largest absolute Gasteiger partial charge is 0.490 e. The van der Waals surface area contributed by atoms with E-state index >= 15 is 0 Å². The SMILES string of the molecule is COc1ccc(CN(C)C2CCCC2CN)cc1[N+](=O)[O-]. The number of nitro groups is 1. The number of rotatable bonds is 6. The molecule has 0 bridgehead atoms. The number of hydrogen-bond donors (Lipinski definition) is 1. The molecule has 0 aromatic heterocycles. The molecule has 1 saturated carbocycles. The fraction of sp³-hybridized carbons (Fsp3) is 0.600. The first-order chi connectivity index (χ1) is 10.1. The first kappa shape index (κ1) is 15.7. The molecular weight excluding hydrogens is 270 g/mol. The summed E-state index contributed by atoms with van der Waals surface area (Å²) in [6.07, 6.45) is 3.53. The molecule has 6 heteroatoms. The highest BCUT2D eigenvalue weighted by Gasteiger charge is 2.29. The fourth-order valence-corrected chi connectivity index (χ4v) is 3.25. The summed E-state index contributed by atoms with van der Waals surface area (Å²) < 4.78 is 5.03. The lowest BCUT2D eigenvalue weighted by molar-refractivity contribution is -0.385. The van der Waals surface area contributed by atoms with Gasteiger partial charge in [-0.05, 0) is 44.0 Å². The van der Waals surface area contributed by atoms with Crippen molar-refractivity contribution in [2.45, 2.75) is 31.8 Å². The maximum Gasteiger partial charge on any atom is 0.311 e. The lowest BCUT2D eigenvalue weighted by atomic mass is 10.0. The topological polar surface area (TPSA) is 81.6 Å². The summed E-state index contributed by atoms with van der Waals surface area (Å²) in [7, 11) is 3.51. The van der Waals surface area contributed by atoms with Gasteiger partial charge >= 0.3 is 5.69 Å². The van der Waals surface area contributed by atoms with Gasteiger partial charge in [0.25, 0.3) is 0 Å². The summed E-state index contributed by atoms with van der Waals surface area (Å²) in [5.74, 6) is 0.829. The monoisotopic (exact) mass is 293 g/mol. The molecular formula is C15H23N3O3. The minimum atomic E-state index is -0.402. The smallest absolute Gasteiger partial charge is 0.311 e. The number of ether oxygens (including phenoxy) is 1. The van der Waals surface area contributed by atoms with E-state index in [1.165, 1.54) is 20.0 Å². The lowest BCUT2D eigenvalue weighted by Crippen LogP contribution is -2.37. The van der Waals surface area contributed by atoms with Crippen LogP contribution in [0.3, 0.4) is 0 Å². The van der Waals surface area contributed by atoms with Crippen LogP contribution in [0.25, 0.3) is 0 Å². The molecule has 1 aromatic rings. The summed E-state index contributed by atoms with van der Waals surface area (Å²) >= 11 is 0. The second kappa shape index (κ2) is 6.87. The molecule has 1 aliphatic rings. The van der Waals surface area contributed by atoms with Crippen LogP contribution < -0.4 is 10.5 Å². The van der Waals surface area contributed by atoms with E-state index in [2.05, 4.69) is 11.9 Å². The second-order valence-corrected chi connectivity index (χ2v) is 5.67. The fourth-order valence-electron chi connectivity index (χ4n) is 3.25. The molecule has 0 amide bonds. The van der Waals surface area contributed by atoms with Crippen molar-refractivity contribution in [1.29, 1.82) is 0 Å². The molecule has 2 unspecified atom stereocenters. The van der Waals surface area contributed by atoms with E-state index < -0.39 is 4.92 Å². The number of hydrogen-bond acceptors (Lipinski definition) is 5. The normalized spacial score (nSPS) is 21.7. The molecule has 1 aromatic carbocycles. The molecule has 0 spiro atoms. The predicted molar refractivity (Wildman–Crippen MR) is 81.3 cm³/mol. The Morgan fingerprint density at radius 1 is 1.48 bits per heavy atom. The molecule has 0 heterocycles. The average molecular weight is 293 g/mol. The van der Waals surface area contributed by atoms with Crippen LogP contribution in [0.5, 0.6) is 5.75 Å². The van der Waals surface area contributed by atoms with Crippen molar-refractivity contribution < 1.29 is 9.66 Å². The van der Waals surface area contributed by atoms with Crippen molar-refractivity contribution in [3.63, 3.8) is 0 Å². The van der Waals surface area contributed by atoms with Crippen LogP contribution in [0.4, 0.5) is 5.69 Å². The first-order valence-corrected chi connectivity index (χ1v) is 7.28. The molecule has 21 heavy (non-hydrogen) atoms. The Labute approximate surface area is 125 Å². The summed E-state index contributed by atoms with van der Waals surface area (Å²) in [5, 5.41) is 11.1. The van der Waals surface area contributed by atoms with Crippen molar-refractivity contribution >= 4 is 5.69 Å². The molecule has 2 rings (SSSR count). The Bertz CT molecular complexity index is 507. The summed E-state index contributed by atoms with van der Waals surface area (Å²) in [4.78, 5) is 12.9. The zero-order valence-electron chi connectivity index (χ0n) is 12.6. The Morgan fingerprint density at radius 2 is 2.24 bits per heavy atom. The first-order valence-electron chi connectivity index (χ1n) is 7.28. The van der Waals surface area contributed by atoms with Gasteiger partial charge in [-0.15, -0.1) is 0 Å². The Kier molecular flexibility index (Phi) is 5.14. The number of nitro benzene ring substituents is 1. The van der Waals surface area contributed by atoms with Gasteiger partial charge in [0.05, 0.1) is 12.0 Å². The number of methoxy groups -OCH3 is 1. The van der Waals surface area contributed by atoms with Crippen molar-refractivity contribution in [3.05, 3.63) is 33.9 Å². The molecule has 0 radical (unpaired) electrons. The molecule has 6 nitrogen and oxygen atoms in total. The second-order valence-electron chi connectivity index (χ2n) is 5.67. The zero-order chi connectivity index (χ0) is 15.4. The van der Waals surface area contributed by atoms with Crippen LogP contribution in [0.15, 0.2) is 18.2 Å². The Balaban J connectivity index is 2.12. The van der Waals surface area contributed by atoms with Crippen molar-refractivity contribution in [2.24, 2.45) is 11.7 Å². The van der Waals surface area contributed by atoms with E-state index in [9.17, 15) is 10.1 Å². The van der Waals surface area contributed by atoms with Gasteiger partial charge < -0.3 is 10.5 Å². The third-order valence-corrected chi connectivity index (χ3v) is 4.36. The number of nitrogens with zero attached hydrogens (tertiary/aromatic N) is 2. The van der Waals surface area contributed by atoms with E-state index in [-0.39, 0.29) is 5.69 Å². The molecule has 2 N–H and O–H groups in total. The van der Waals surface area contributed by atoms with Gasteiger partial charge in [-0.3, -0.25) is 15.0 Å². The van der Waals surface area contributed by atoms with Crippen LogP contribution in [-0.4, -0.2) is 36.6 Å². The van der Waals surface area contributed by atoms with Gasteiger partial charge in [-0.25, -0.2) is 0 Å². The molecule has 0 saturated heterocycles. The average Bonchev–Trinajstić information content (AvgIpc) is 2.95. The molecule has 0 aliphatic heterocycles. The van der Waals surface area contributed by atoms with Crippen LogP contribution >= 0.6 is 0 Å². The molecule has 116 valence electrons. The van der Waals surface area contributed by atoms with Gasteiger partial charge in [0.15, 0.2) is 5.75 Å². The minimum Gasteiger partial charge on any atom is -0.490 e. The van der Waals surface area contributed by atoms with Crippen molar-refractivity contribution in [2.75, 3.05) is 20.7 Å². The van der Waals surface area contributed by atoms with E-state index in [1.54, 1.807) is 12.1 Å². The zero-order valence-corrected chi connectivity index (χ0v) is 12.6. The summed E-state index contributed by atoms with van der Waals surface area (Å²) in [6.45, 7) is 1.39. The predicted octanol–water partition coefficient (Wildman–Crippen LogP) is 2.16. The van der Waals surface area contributed by atoms with Crippen LogP contribution in [0, 0.1) is 16.0 Å². The van der Waals surface area contributed by atoms with Crippen molar-refractivity contribution in [1.82, 2.24) is 4.90 Å². The lowest BCUT2D eigenvalue weighted by Gasteiger charge is -2.29. The highest BCUT2D eigenvalue weighted by atomic mass is 16.6. The van der Waals surface area contributed by atoms with Gasteiger partial charge in [-0.2, -0.15) is 0 Å². The summed E-state index contributed by atoms with van der Waals surface area (Å²) in [6, 6.07) is 5.61. The Morgan fingerprint density at radius 3 is 2.86 bits per heavy atom. The minimum absolute atomic E-state index is 0.0187. The Hall–Kier alpha value is -1.66. The van der Waals surface area contributed by atoms with Gasteiger partial charge in [0, 0.05) is 18.7 Å². The van der Waals surface area contributed by atoms with E-state index in [0.717, 1.165) is 12.0 Å². The number of nitrogens with two attached hydrogens (primary N) is 1. The van der Waals surface area contributed by atoms with Gasteiger partial charge in [0.1, 0.15) is 0 Å². The molecule has 1 fully saturated rings.